The zero-order valence-corrected chi connectivity index (χ0v) is 10.1. The topological polar surface area (TPSA) is 133 Å². The van der Waals surface area contributed by atoms with Gasteiger partial charge < -0.3 is 21.7 Å². The van der Waals surface area contributed by atoms with E-state index in [1.807, 2.05) is 6.92 Å². The lowest BCUT2D eigenvalue weighted by molar-refractivity contribution is -0.153. The fourth-order valence-corrected chi connectivity index (χ4v) is 2.54. The van der Waals surface area contributed by atoms with Crippen molar-refractivity contribution in [3.8, 4) is 0 Å². The van der Waals surface area contributed by atoms with Crippen LogP contribution in [0.25, 0.3) is 0 Å². The molecule has 0 saturated heterocycles. The Morgan fingerprint density at radius 1 is 1.53 bits per heavy atom. The number of carboxylic acid groups (broad SMARTS) is 1. The quantitative estimate of drug-likeness (QED) is 0.343. The van der Waals surface area contributed by atoms with Gasteiger partial charge in [0.1, 0.15) is 5.54 Å². The van der Waals surface area contributed by atoms with Crippen LogP contribution < -0.4 is 11.5 Å². The Morgan fingerprint density at radius 2 is 2.12 bits per heavy atom. The Hall–Kier alpha value is -1.14. The van der Waals surface area contributed by atoms with Crippen LogP contribution in [0.2, 0.25) is 0 Å². The van der Waals surface area contributed by atoms with E-state index < -0.39 is 23.0 Å². The van der Waals surface area contributed by atoms with Gasteiger partial charge in [-0.25, -0.2) is 0 Å². The van der Waals surface area contributed by atoms with Crippen LogP contribution >= 0.6 is 0 Å². The smallest absolute Gasteiger partial charge is 0.326 e. The van der Waals surface area contributed by atoms with E-state index in [1.165, 1.54) is 0 Å². The van der Waals surface area contributed by atoms with E-state index in [1.54, 1.807) is 0 Å². The zero-order chi connectivity index (χ0) is 13.3. The summed E-state index contributed by atoms with van der Waals surface area (Å²) < 4.78 is 0. The molecule has 0 heterocycles. The summed E-state index contributed by atoms with van der Waals surface area (Å²) in [5.41, 5.74) is 8.08. The fourth-order valence-electron chi connectivity index (χ4n) is 2.54. The van der Waals surface area contributed by atoms with Crippen LogP contribution in [0.5, 0.6) is 0 Å². The molecule has 6 heteroatoms. The molecule has 1 rings (SSSR count). The SMILES string of the molecule is CCCCC1(O)CC(C(=N)N)CC1(N)C(=O)O. The molecule has 0 radical (unpaired) electrons. The van der Waals surface area contributed by atoms with E-state index in [9.17, 15) is 15.0 Å². The molecule has 0 aromatic heterocycles. The molecule has 98 valence electrons. The Bertz CT molecular complexity index is 334. The number of carbonyl (C=O) groups is 1. The van der Waals surface area contributed by atoms with Gasteiger partial charge in [0.25, 0.3) is 0 Å². The van der Waals surface area contributed by atoms with Crippen LogP contribution in [0.3, 0.4) is 0 Å². The Kier molecular flexibility index (Phi) is 3.78. The van der Waals surface area contributed by atoms with Crippen molar-refractivity contribution in [2.75, 3.05) is 0 Å². The van der Waals surface area contributed by atoms with Gasteiger partial charge in [-0.1, -0.05) is 19.8 Å². The average molecular weight is 243 g/mol. The number of carboxylic acids is 1. The van der Waals surface area contributed by atoms with E-state index in [2.05, 4.69) is 0 Å². The molecule has 0 aliphatic heterocycles. The van der Waals surface area contributed by atoms with Crippen LogP contribution in [0, 0.1) is 11.3 Å². The van der Waals surface area contributed by atoms with Crippen molar-refractivity contribution < 1.29 is 15.0 Å². The van der Waals surface area contributed by atoms with Crippen molar-refractivity contribution in [2.24, 2.45) is 17.4 Å². The van der Waals surface area contributed by atoms with Crippen LogP contribution in [0.15, 0.2) is 0 Å². The van der Waals surface area contributed by atoms with Gasteiger partial charge in [-0.15, -0.1) is 0 Å². The van der Waals surface area contributed by atoms with Gasteiger partial charge in [-0.3, -0.25) is 10.2 Å². The minimum Gasteiger partial charge on any atom is -0.480 e. The number of nitrogens with two attached hydrogens (primary N) is 2. The highest BCUT2D eigenvalue weighted by Crippen LogP contribution is 2.44. The molecule has 1 aliphatic carbocycles. The molecule has 7 N–H and O–H groups in total. The number of hydrogen-bond donors (Lipinski definition) is 5. The van der Waals surface area contributed by atoms with E-state index in [4.69, 9.17) is 16.9 Å². The molecule has 0 amide bonds. The molecule has 17 heavy (non-hydrogen) atoms. The number of amidine groups is 1. The first-order valence-corrected chi connectivity index (χ1v) is 5.85. The first-order valence-electron chi connectivity index (χ1n) is 5.85. The minimum atomic E-state index is -1.70. The standard InChI is InChI=1S/C11H21N3O3/c1-2-3-4-10(17)5-7(8(12)13)6-11(10,14)9(15)16/h7,17H,2-6,14H2,1H3,(H3,12,13)(H,15,16). The lowest BCUT2D eigenvalue weighted by Gasteiger charge is -2.35. The number of nitrogens with one attached hydrogen (secondary N) is 1. The van der Waals surface area contributed by atoms with Crippen molar-refractivity contribution in [2.45, 2.75) is 50.2 Å². The van der Waals surface area contributed by atoms with Crippen LogP contribution in [-0.2, 0) is 4.79 Å². The Morgan fingerprint density at radius 3 is 2.53 bits per heavy atom. The van der Waals surface area contributed by atoms with Crippen molar-refractivity contribution >= 4 is 11.8 Å². The van der Waals surface area contributed by atoms with Gasteiger partial charge in [0, 0.05) is 5.92 Å². The third-order valence-corrected chi connectivity index (χ3v) is 3.75. The molecule has 1 saturated carbocycles. The van der Waals surface area contributed by atoms with Gasteiger partial charge >= 0.3 is 5.97 Å². The van der Waals surface area contributed by atoms with Crippen LogP contribution in [0.1, 0.15) is 39.0 Å². The lowest BCUT2D eigenvalue weighted by Crippen LogP contribution is -2.62. The number of aliphatic carboxylic acids is 1. The second kappa shape index (κ2) is 4.62. The molecule has 3 unspecified atom stereocenters. The molecule has 6 nitrogen and oxygen atoms in total. The molecule has 3 atom stereocenters. The van der Waals surface area contributed by atoms with Gasteiger partial charge in [0.05, 0.1) is 11.4 Å². The van der Waals surface area contributed by atoms with Gasteiger partial charge in [0.15, 0.2) is 0 Å². The highest BCUT2D eigenvalue weighted by Gasteiger charge is 2.60. The largest absolute Gasteiger partial charge is 0.480 e. The molecule has 1 aliphatic rings. The second-order valence-electron chi connectivity index (χ2n) is 4.97. The molecule has 1 fully saturated rings. The minimum absolute atomic E-state index is 0.0257. The molecule has 0 bridgehead atoms. The van der Waals surface area contributed by atoms with Crippen molar-refractivity contribution in [1.29, 1.82) is 5.41 Å². The Labute approximate surface area is 100 Å². The lowest BCUT2D eigenvalue weighted by atomic mass is 9.80. The normalized spacial score (nSPS) is 37.0. The predicted molar refractivity (Wildman–Crippen MR) is 63.7 cm³/mol. The monoisotopic (exact) mass is 243 g/mol. The van der Waals surface area contributed by atoms with E-state index in [0.717, 1.165) is 6.42 Å². The summed E-state index contributed by atoms with van der Waals surface area (Å²) in [6.07, 6.45) is 2.06. The molecule has 0 spiro atoms. The van der Waals surface area contributed by atoms with Crippen LogP contribution in [0.4, 0.5) is 0 Å². The average Bonchev–Trinajstić information content (AvgIpc) is 2.51. The predicted octanol–water partition coefficient (Wildman–Crippen LogP) is 0.0358. The highest BCUT2D eigenvalue weighted by molar-refractivity contribution is 5.86. The van der Waals surface area contributed by atoms with E-state index in [0.29, 0.717) is 12.8 Å². The van der Waals surface area contributed by atoms with Crippen molar-refractivity contribution in [1.82, 2.24) is 0 Å². The molecular formula is C11H21N3O3. The number of unbranched alkanes of at least 4 members (excludes halogenated alkanes) is 1. The van der Waals surface area contributed by atoms with Gasteiger partial charge in [-0.05, 0) is 19.3 Å². The summed E-state index contributed by atoms with van der Waals surface area (Å²) in [5, 5.41) is 27.1. The maximum absolute atomic E-state index is 11.3. The first-order chi connectivity index (χ1) is 7.77. The number of hydrogen-bond acceptors (Lipinski definition) is 4. The summed E-state index contributed by atoms with van der Waals surface area (Å²) >= 11 is 0. The number of aliphatic hydroxyl groups is 1. The zero-order valence-electron chi connectivity index (χ0n) is 10.1. The summed E-state index contributed by atoms with van der Waals surface area (Å²) in [7, 11) is 0. The number of rotatable bonds is 5. The first kappa shape index (κ1) is 13.9. The maximum Gasteiger partial charge on any atom is 0.326 e. The third-order valence-electron chi connectivity index (χ3n) is 3.75. The van der Waals surface area contributed by atoms with E-state index >= 15 is 0 Å². The molecular weight excluding hydrogens is 222 g/mol. The Balaban J connectivity index is 2.99. The maximum atomic E-state index is 11.3. The van der Waals surface area contributed by atoms with Crippen LogP contribution in [-0.4, -0.2) is 33.2 Å². The fraction of sp³-hybridized carbons (Fsp3) is 0.818. The molecule has 0 aromatic carbocycles. The summed E-state index contributed by atoms with van der Waals surface area (Å²) in [4.78, 5) is 11.3. The molecule has 0 aromatic rings. The highest BCUT2D eigenvalue weighted by atomic mass is 16.4. The van der Waals surface area contributed by atoms with E-state index in [-0.39, 0.29) is 18.7 Å². The van der Waals surface area contributed by atoms with Crippen molar-refractivity contribution in [3.63, 3.8) is 0 Å². The van der Waals surface area contributed by atoms with Gasteiger partial charge in [-0.2, -0.15) is 0 Å². The van der Waals surface area contributed by atoms with Gasteiger partial charge in [0.2, 0.25) is 0 Å². The summed E-state index contributed by atoms with van der Waals surface area (Å²) in [6.45, 7) is 1.96. The summed E-state index contributed by atoms with van der Waals surface area (Å²) in [5.74, 6) is -1.77. The third kappa shape index (κ3) is 2.28. The second-order valence-corrected chi connectivity index (χ2v) is 4.97. The van der Waals surface area contributed by atoms with Crippen molar-refractivity contribution in [3.05, 3.63) is 0 Å². The summed E-state index contributed by atoms with van der Waals surface area (Å²) in [6, 6.07) is 0.